The summed E-state index contributed by atoms with van der Waals surface area (Å²) in [5, 5.41) is 16.0. The molecule has 1 aliphatic heterocycles. The van der Waals surface area contributed by atoms with Crippen LogP contribution in [0.25, 0.3) is 10.9 Å². The number of nitro groups is 1. The van der Waals surface area contributed by atoms with E-state index >= 15 is 0 Å². The van der Waals surface area contributed by atoms with Gasteiger partial charge in [-0.1, -0.05) is 0 Å². The van der Waals surface area contributed by atoms with Gasteiger partial charge in [0.25, 0.3) is 5.69 Å². The lowest BCUT2D eigenvalue weighted by molar-refractivity contribution is -0.384. The number of piperidine rings is 1. The van der Waals surface area contributed by atoms with Gasteiger partial charge in [-0.3, -0.25) is 14.8 Å². The van der Waals surface area contributed by atoms with Crippen LogP contribution < -0.4 is 0 Å². The Kier molecular flexibility index (Phi) is 4.84. The Hall–Kier alpha value is -2.64. The summed E-state index contributed by atoms with van der Waals surface area (Å²) < 4.78 is 7.32. The van der Waals surface area contributed by atoms with Gasteiger partial charge in [0.15, 0.2) is 0 Å². The van der Waals surface area contributed by atoms with E-state index in [0.717, 1.165) is 30.3 Å². The number of likely N-dealkylation sites (tertiary alicyclic amines) is 1. The van der Waals surface area contributed by atoms with Gasteiger partial charge < -0.3 is 9.64 Å². The molecule has 1 fully saturated rings. The van der Waals surface area contributed by atoms with E-state index in [9.17, 15) is 14.9 Å². The molecule has 1 amide bonds. The molecular weight excluding hydrogens is 336 g/mol. The summed E-state index contributed by atoms with van der Waals surface area (Å²) in [6.45, 7) is 7.68. The molecule has 0 N–H and O–H groups in total. The molecule has 0 spiro atoms. The third kappa shape index (κ3) is 4.12. The molecule has 0 aliphatic carbocycles. The van der Waals surface area contributed by atoms with Crippen molar-refractivity contribution in [1.82, 2.24) is 14.7 Å². The number of fused-ring (bicyclic) bond motifs is 1. The molecule has 2 aromatic rings. The lowest BCUT2D eigenvalue weighted by atomic mass is 9.97. The van der Waals surface area contributed by atoms with E-state index in [-0.39, 0.29) is 11.8 Å². The second-order valence-corrected chi connectivity index (χ2v) is 7.74. The first kappa shape index (κ1) is 18.2. The fourth-order valence-corrected chi connectivity index (χ4v) is 3.20. The van der Waals surface area contributed by atoms with Crippen LogP contribution in [0.4, 0.5) is 10.5 Å². The van der Waals surface area contributed by atoms with Gasteiger partial charge >= 0.3 is 6.09 Å². The smallest absolute Gasteiger partial charge is 0.410 e. The van der Waals surface area contributed by atoms with E-state index in [2.05, 4.69) is 5.10 Å². The third-order valence-electron chi connectivity index (χ3n) is 4.53. The standard InChI is InChI=1S/C18H24N4O4/c1-18(2,3)26-17(23)20-8-6-13(7-9-20)12-21-16-5-4-15(22(24)25)10-14(16)11-19-21/h4-5,10-11,13H,6-9,12H2,1-3H3. The van der Waals surface area contributed by atoms with E-state index in [4.69, 9.17) is 4.74 Å². The number of nitro benzene ring substituents is 1. The Bertz CT molecular complexity index is 816. The zero-order valence-corrected chi connectivity index (χ0v) is 15.3. The van der Waals surface area contributed by atoms with Crippen LogP contribution in [0.15, 0.2) is 24.4 Å². The van der Waals surface area contributed by atoms with Crippen LogP contribution in [0.5, 0.6) is 0 Å². The number of ether oxygens (including phenoxy) is 1. The van der Waals surface area contributed by atoms with E-state index in [1.807, 2.05) is 25.5 Å². The van der Waals surface area contributed by atoms with E-state index in [1.165, 1.54) is 6.07 Å². The van der Waals surface area contributed by atoms with Crippen LogP contribution in [-0.2, 0) is 11.3 Å². The lowest BCUT2D eigenvalue weighted by Gasteiger charge is -2.33. The number of hydrogen-bond donors (Lipinski definition) is 0. The minimum absolute atomic E-state index is 0.0720. The normalized spacial score (nSPS) is 16.0. The average Bonchev–Trinajstić information content (AvgIpc) is 2.96. The molecule has 1 aromatic carbocycles. The highest BCUT2D eigenvalue weighted by Gasteiger charge is 2.27. The SMILES string of the molecule is CC(C)(C)OC(=O)N1CCC(Cn2ncc3cc([N+](=O)[O-])ccc32)CC1. The van der Waals surface area contributed by atoms with Gasteiger partial charge in [0.2, 0.25) is 0 Å². The molecule has 0 atom stereocenters. The van der Waals surface area contributed by atoms with Gasteiger partial charge in [-0.15, -0.1) is 0 Å². The summed E-state index contributed by atoms with van der Waals surface area (Å²) >= 11 is 0. The first-order valence-corrected chi connectivity index (χ1v) is 8.81. The minimum atomic E-state index is -0.482. The predicted octanol–water partition coefficient (Wildman–Crippen LogP) is 3.59. The van der Waals surface area contributed by atoms with Crippen LogP contribution in [-0.4, -0.2) is 44.4 Å². The van der Waals surface area contributed by atoms with Gasteiger partial charge in [-0.2, -0.15) is 5.10 Å². The minimum Gasteiger partial charge on any atom is -0.444 e. The molecule has 0 unspecified atom stereocenters. The molecule has 3 rings (SSSR count). The zero-order chi connectivity index (χ0) is 18.9. The van der Waals surface area contributed by atoms with Crippen molar-refractivity contribution in [3.8, 4) is 0 Å². The highest BCUT2D eigenvalue weighted by Crippen LogP contribution is 2.25. The van der Waals surface area contributed by atoms with Crippen molar-refractivity contribution >= 4 is 22.7 Å². The topological polar surface area (TPSA) is 90.5 Å². The number of amides is 1. The predicted molar refractivity (Wildman–Crippen MR) is 96.9 cm³/mol. The monoisotopic (exact) mass is 360 g/mol. The lowest BCUT2D eigenvalue weighted by Crippen LogP contribution is -2.42. The van der Waals surface area contributed by atoms with Crippen LogP contribution in [0, 0.1) is 16.0 Å². The van der Waals surface area contributed by atoms with Crippen LogP contribution in [0.1, 0.15) is 33.6 Å². The molecular formula is C18H24N4O4. The van der Waals surface area contributed by atoms with Gasteiger partial charge in [0, 0.05) is 37.2 Å². The second kappa shape index (κ2) is 6.93. The van der Waals surface area contributed by atoms with Crippen molar-refractivity contribution in [2.75, 3.05) is 13.1 Å². The summed E-state index contributed by atoms with van der Waals surface area (Å²) in [4.78, 5) is 24.4. The molecule has 140 valence electrons. The summed E-state index contributed by atoms with van der Waals surface area (Å²) in [6.07, 6.45) is 3.17. The first-order valence-electron chi connectivity index (χ1n) is 8.81. The molecule has 1 saturated heterocycles. The number of carbonyl (C=O) groups excluding carboxylic acids is 1. The molecule has 8 nitrogen and oxygen atoms in total. The van der Waals surface area contributed by atoms with Gasteiger partial charge in [-0.05, 0) is 45.6 Å². The third-order valence-corrected chi connectivity index (χ3v) is 4.53. The Morgan fingerprint density at radius 2 is 2.04 bits per heavy atom. The Morgan fingerprint density at radius 1 is 1.35 bits per heavy atom. The maximum Gasteiger partial charge on any atom is 0.410 e. The molecule has 1 aliphatic rings. The number of benzene rings is 1. The fraction of sp³-hybridized carbons (Fsp3) is 0.556. The Labute approximate surface area is 151 Å². The summed E-state index contributed by atoms with van der Waals surface area (Å²) in [5.74, 6) is 0.409. The number of aromatic nitrogens is 2. The number of hydrogen-bond acceptors (Lipinski definition) is 5. The van der Waals surface area contributed by atoms with Crippen LogP contribution in [0.2, 0.25) is 0 Å². The molecule has 0 saturated carbocycles. The highest BCUT2D eigenvalue weighted by molar-refractivity contribution is 5.81. The average molecular weight is 360 g/mol. The van der Waals surface area contributed by atoms with Gasteiger partial charge in [0.1, 0.15) is 5.60 Å². The summed E-state index contributed by atoms with van der Waals surface area (Å²) in [6, 6.07) is 4.80. The van der Waals surface area contributed by atoms with Crippen molar-refractivity contribution in [2.24, 2.45) is 5.92 Å². The van der Waals surface area contributed by atoms with Crippen molar-refractivity contribution in [3.63, 3.8) is 0 Å². The highest BCUT2D eigenvalue weighted by atomic mass is 16.6. The molecule has 8 heteroatoms. The van der Waals surface area contributed by atoms with E-state index < -0.39 is 10.5 Å². The summed E-state index contributed by atoms with van der Waals surface area (Å²) in [7, 11) is 0. The fourth-order valence-electron chi connectivity index (χ4n) is 3.20. The summed E-state index contributed by atoms with van der Waals surface area (Å²) in [5.41, 5.74) is 0.484. The van der Waals surface area contributed by atoms with Crippen molar-refractivity contribution in [1.29, 1.82) is 0 Å². The number of non-ortho nitro benzene ring substituents is 1. The number of carbonyl (C=O) groups is 1. The van der Waals surface area contributed by atoms with Crippen LogP contribution in [0.3, 0.4) is 0 Å². The second-order valence-electron chi connectivity index (χ2n) is 7.74. The first-order chi connectivity index (χ1) is 12.2. The van der Waals surface area contributed by atoms with E-state index in [1.54, 1.807) is 23.2 Å². The number of nitrogens with zero attached hydrogens (tertiary/aromatic N) is 4. The van der Waals surface area contributed by atoms with Gasteiger partial charge in [-0.25, -0.2) is 4.79 Å². The zero-order valence-electron chi connectivity index (χ0n) is 15.3. The maximum absolute atomic E-state index is 12.1. The number of rotatable bonds is 3. The Balaban J connectivity index is 1.60. The molecule has 2 heterocycles. The van der Waals surface area contributed by atoms with Crippen molar-refractivity contribution < 1.29 is 14.5 Å². The Morgan fingerprint density at radius 3 is 2.65 bits per heavy atom. The van der Waals surface area contributed by atoms with Gasteiger partial charge in [0.05, 0.1) is 16.6 Å². The van der Waals surface area contributed by atoms with E-state index in [0.29, 0.717) is 19.0 Å². The molecule has 1 aromatic heterocycles. The quantitative estimate of drug-likeness (QED) is 0.616. The molecule has 26 heavy (non-hydrogen) atoms. The van der Waals surface area contributed by atoms with Crippen molar-refractivity contribution in [2.45, 2.75) is 45.8 Å². The molecule has 0 radical (unpaired) electrons. The maximum atomic E-state index is 12.1. The van der Waals surface area contributed by atoms with Crippen LogP contribution >= 0.6 is 0 Å². The largest absolute Gasteiger partial charge is 0.444 e. The molecule has 0 bridgehead atoms. The van der Waals surface area contributed by atoms with Crippen molar-refractivity contribution in [3.05, 3.63) is 34.5 Å².